The number of carbonyl (C=O) groups is 2. The van der Waals surface area contributed by atoms with Gasteiger partial charge in [-0.05, 0) is 68.5 Å². The standard InChI is InChI=1S/C27H35Cl2N3O4S/c1-5-25(27(34)30-20-9-6-7-10-20)31(16-22-23(28)11-8-12-24(22)29)26(33)17-32(37(4,35)36)21-14-18(2)13-19(3)15-21/h8,11-15,20,25H,5-7,9-10,16-17H2,1-4H3,(H,30,34)/t25-/m0/s1. The maximum atomic E-state index is 13.9. The predicted octanol–water partition coefficient (Wildman–Crippen LogP) is 5.24. The maximum Gasteiger partial charge on any atom is 0.244 e. The van der Waals surface area contributed by atoms with E-state index in [4.69, 9.17) is 23.2 Å². The Morgan fingerprint density at radius 3 is 2.14 bits per heavy atom. The highest BCUT2D eigenvalue weighted by atomic mass is 35.5. The zero-order valence-electron chi connectivity index (χ0n) is 21.8. The molecule has 1 N–H and O–H groups in total. The molecular formula is C27H35Cl2N3O4S. The molecule has 0 saturated heterocycles. The first-order valence-corrected chi connectivity index (χ1v) is 15.1. The van der Waals surface area contributed by atoms with Crippen LogP contribution >= 0.6 is 23.2 Å². The van der Waals surface area contributed by atoms with Crippen molar-refractivity contribution >= 4 is 50.7 Å². The van der Waals surface area contributed by atoms with Gasteiger partial charge in [-0.3, -0.25) is 13.9 Å². The number of anilines is 1. The molecule has 0 unspecified atom stereocenters. The third-order valence-corrected chi connectivity index (χ3v) is 8.50. The van der Waals surface area contributed by atoms with Gasteiger partial charge in [0.15, 0.2) is 0 Å². The zero-order chi connectivity index (χ0) is 27.3. The van der Waals surface area contributed by atoms with Crippen LogP contribution in [0.25, 0.3) is 0 Å². The summed E-state index contributed by atoms with van der Waals surface area (Å²) in [7, 11) is -3.81. The Labute approximate surface area is 230 Å². The van der Waals surface area contributed by atoms with Crippen LogP contribution in [0.4, 0.5) is 5.69 Å². The van der Waals surface area contributed by atoms with Crippen LogP contribution in [0.1, 0.15) is 55.7 Å². The van der Waals surface area contributed by atoms with Gasteiger partial charge >= 0.3 is 0 Å². The minimum Gasteiger partial charge on any atom is -0.352 e. The Morgan fingerprint density at radius 2 is 1.62 bits per heavy atom. The molecular weight excluding hydrogens is 533 g/mol. The molecule has 1 saturated carbocycles. The van der Waals surface area contributed by atoms with E-state index in [9.17, 15) is 18.0 Å². The quantitative estimate of drug-likeness (QED) is 0.425. The van der Waals surface area contributed by atoms with Gasteiger partial charge < -0.3 is 10.2 Å². The lowest BCUT2D eigenvalue weighted by Crippen LogP contribution is -2.53. The summed E-state index contributed by atoms with van der Waals surface area (Å²) in [5.74, 6) is -0.780. The molecule has 0 radical (unpaired) electrons. The molecule has 0 bridgehead atoms. The normalized spacial score (nSPS) is 14.9. The van der Waals surface area contributed by atoms with Crippen LogP contribution in [0.2, 0.25) is 10.0 Å². The summed E-state index contributed by atoms with van der Waals surface area (Å²) in [5, 5.41) is 3.81. The molecule has 37 heavy (non-hydrogen) atoms. The van der Waals surface area contributed by atoms with Crippen molar-refractivity contribution in [2.75, 3.05) is 17.1 Å². The number of aryl methyl sites for hydroxylation is 2. The van der Waals surface area contributed by atoms with E-state index in [1.165, 1.54) is 4.90 Å². The number of halogens is 2. The van der Waals surface area contributed by atoms with Gasteiger partial charge in [0, 0.05) is 28.2 Å². The van der Waals surface area contributed by atoms with E-state index in [1.54, 1.807) is 30.3 Å². The first-order chi connectivity index (χ1) is 17.4. The first kappa shape index (κ1) is 29.3. The fraction of sp³-hybridized carbons (Fsp3) is 0.481. The molecule has 7 nitrogen and oxygen atoms in total. The van der Waals surface area contributed by atoms with Crippen LogP contribution in [-0.2, 0) is 26.2 Å². The number of amides is 2. The number of sulfonamides is 1. The van der Waals surface area contributed by atoms with E-state index in [0.29, 0.717) is 27.7 Å². The molecule has 2 aromatic rings. The second-order valence-electron chi connectivity index (χ2n) is 9.75. The van der Waals surface area contributed by atoms with Crippen molar-refractivity contribution < 1.29 is 18.0 Å². The average molecular weight is 569 g/mol. The van der Waals surface area contributed by atoms with Crippen LogP contribution in [0.15, 0.2) is 36.4 Å². The zero-order valence-corrected chi connectivity index (χ0v) is 24.1. The number of rotatable bonds is 10. The SMILES string of the molecule is CC[C@@H](C(=O)NC1CCCC1)N(Cc1c(Cl)cccc1Cl)C(=O)CN(c1cc(C)cc(C)c1)S(C)(=O)=O. The highest BCUT2D eigenvalue weighted by Crippen LogP contribution is 2.28. The summed E-state index contributed by atoms with van der Waals surface area (Å²) in [5.41, 5.74) is 2.65. The van der Waals surface area contributed by atoms with Crippen molar-refractivity contribution in [2.45, 2.75) is 71.5 Å². The molecule has 0 aromatic heterocycles. The molecule has 0 aliphatic heterocycles. The Bertz CT molecular complexity index is 1210. The average Bonchev–Trinajstić information content (AvgIpc) is 3.30. The van der Waals surface area contributed by atoms with Crippen molar-refractivity contribution in [3.05, 3.63) is 63.1 Å². The highest BCUT2D eigenvalue weighted by molar-refractivity contribution is 7.92. The Balaban J connectivity index is 1.99. The summed E-state index contributed by atoms with van der Waals surface area (Å²) in [6, 6.07) is 9.67. The van der Waals surface area contributed by atoms with Gasteiger partial charge in [-0.25, -0.2) is 8.42 Å². The van der Waals surface area contributed by atoms with Crippen LogP contribution in [0.5, 0.6) is 0 Å². The summed E-state index contributed by atoms with van der Waals surface area (Å²) in [6.07, 6.45) is 5.33. The van der Waals surface area contributed by atoms with Gasteiger partial charge in [-0.15, -0.1) is 0 Å². The maximum absolute atomic E-state index is 13.9. The second kappa shape index (κ2) is 12.5. The van der Waals surface area contributed by atoms with Crippen LogP contribution in [-0.4, -0.2) is 50.0 Å². The minimum absolute atomic E-state index is 0.0294. The molecule has 2 amide bonds. The Kier molecular flexibility index (Phi) is 9.89. The van der Waals surface area contributed by atoms with E-state index < -0.39 is 28.5 Å². The Hall–Kier alpha value is -2.29. The van der Waals surface area contributed by atoms with Crippen molar-refractivity contribution in [3.8, 4) is 0 Å². The van der Waals surface area contributed by atoms with E-state index in [-0.39, 0.29) is 18.5 Å². The topological polar surface area (TPSA) is 86.8 Å². The fourth-order valence-corrected chi connectivity index (χ4v) is 6.20. The van der Waals surface area contributed by atoms with E-state index in [2.05, 4.69) is 5.32 Å². The summed E-state index contributed by atoms with van der Waals surface area (Å²) in [6.45, 7) is 5.07. The van der Waals surface area contributed by atoms with E-state index in [0.717, 1.165) is 47.4 Å². The van der Waals surface area contributed by atoms with Gasteiger partial charge in [0.05, 0.1) is 11.9 Å². The smallest absolute Gasteiger partial charge is 0.244 e. The van der Waals surface area contributed by atoms with Crippen LogP contribution in [0.3, 0.4) is 0 Å². The molecule has 3 rings (SSSR count). The third-order valence-electron chi connectivity index (χ3n) is 6.65. The first-order valence-electron chi connectivity index (χ1n) is 12.5. The second-order valence-corrected chi connectivity index (χ2v) is 12.5. The van der Waals surface area contributed by atoms with Gasteiger partial charge in [0.2, 0.25) is 21.8 Å². The number of benzene rings is 2. The molecule has 1 fully saturated rings. The summed E-state index contributed by atoms with van der Waals surface area (Å²) >= 11 is 12.8. The molecule has 1 atom stereocenters. The molecule has 10 heteroatoms. The van der Waals surface area contributed by atoms with Crippen LogP contribution < -0.4 is 9.62 Å². The lowest BCUT2D eigenvalue weighted by molar-refractivity contribution is -0.140. The number of nitrogens with zero attached hydrogens (tertiary/aromatic N) is 2. The summed E-state index contributed by atoms with van der Waals surface area (Å²) < 4.78 is 26.7. The molecule has 0 spiro atoms. The van der Waals surface area contributed by atoms with Gasteiger partial charge in [0.25, 0.3) is 0 Å². The number of carbonyl (C=O) groups excluding carboxylic acids is 2. The minimum atomic E-state index is -3.81. The van der Waals surface area contributed by atoms with Crippen molar-refractivity contribution in [1.82, 2.24) is 10.2 Å². The van der Waals surface area contributed by atoms with Gasteiger partial charge in [0.1, 0.15) is 12.6 Å². The van der Waals surface area contributed by atoms with E-state index >= 15 is 0 Å². The molecule has 202 valence electrons. The van der Waals surface area contributed by atoms with E-state index in [1.807, 2.05) is 26.8 Å². The third kappa shape index (κ3) is 7.62. The number of hydrogen-bond acceptors (Lipinski definition) is 4. The molecule has 1 aliphatic rings. The lowest BCUT2D eigenvalue weighted by Gasteiger charge is -2.34. The summed E-state index contributed by atoms with van der Waals surface area (Å²) in [4.78, 5) is 28.6. The molecule has 0 heterocycles. The van der Waals surface area contributed by atoms with Gasteiger partial charge in [-0.2, -0.15) is 0 Å². The van der Waals surface area contributed by atoms with Crippen molar-refractivity contribution in [2.24, 2.45) is 0 Å². The highest BCUT2D eigenvalue weighted by Gasteiger charge is 2.33. The van der Waals surface area contributed by atoms with Gasteiger partial charge in [-0.1, -0.05) is 55.1 Å². The number of nitrogens with one attached hydrogen (secondary N) is 1. The molecule has 2 aromatic carbocycles. The predicted molar refractivity (Wildman–Crippen MR) is 150 cm³/mol. The van der Waals surface area contributed by atoms with Crippen molar-refractivity contribution in [1.29, 1.82) is 0 Å². The Morgan fingerprint density at radius 1 is 1.05 bits per heavy atom. The van der Waals surface area contributed by atoms with Crippen molar-refractivity contribution in [3.63, 3.8) is 0 Å². The molecule has 1 aliphatic carbocycles. The largest absolute Gasteiger partial charge is 0.352 e. The number of hydrogen-bond donors (Lipinski definition) is 1. The lowest BCUT2D eigenvalue weighted by atomic mass is 10.1. The fourth-order valence-electron chi connectivity index (χ4n) is 4.85. The van der Waals surface area contributed by atoms with Crippen LogP contribution in [0, 0.1) is 13.8 Å². The monoisotopic (exact) mass is 567 g/mol.